The van der Waals surface area contributed by atoms with Crippen LogP contribution in [0.3, 0.4) is 0 Å². The van der Waals surface area contributed by atoms with Crippen molar-refractivity contribution in [2.24, 2.45) is 11.8 Å². The first-order valence-corrected chi connectivity index (χ1v) is 6.05. The second kappa shape index (κ2) is 4.11. The van der Waals surface area contributed by atoms with Crippen LogP contribution in [0.25, 0.3) is 0 Å². The largest absolute Gasteiger partial charge is 0.316 e. The van der Waals surface area contributed by atoms with Gasteiger partial charge in [-0.3, -0.25) is 14.9 Å². The highest BCUT2D eigenvalue weighted by atomic mass is 15.2. The lowest BCUT2D eigenvalue weighted by Gasteiger charge is -2.24. The normalized spacial score (nSPS) is 31.6. The van der Waals surface area contributed by atoms with Crippen molar-refractivity contribution in [1.29, 1.82) is 0 Å². The number of hydrogen-bond donors (Lipinski definition) is 1. The van der Waals surface area contributed by atoms with Crippen LogP contribution in [0.2, 0.25) is 0 Å². The zero-order chi connectivity index (χ0) is 11.0. The fraction of sp³-hybridized carbons (Fsp3) is 0.667. The highest BCUT2D eigenvalue weighted by Gasteiger charge is 2.38. The maximum absolute atomic E-state index is 4.40. The molecule has 0 bridgehead atoms. The van der Waals surface area contributed by atoms with Gasteiger partial charge in [-0.1, -0.05) is 0 Å². The second-order valence-electron chi connectivity index (χ2n) is 4.94. The first-order chi connectivity index (χ1) is 7.84. The van der Waals surface area contributed by atoms with Gasteiger partial charge in [0.2, 0.25) is 0 Å². The second-order valence-corrected chi connectivity index (χ2v) is 4.94. The van der Waals surface area contributed by atoms with Gasteiger partial charge in [-0.05, 0) is 31.8 Å². The molecular weight excluding hydrogens is 200 g/mol. The summed E-state index contributed by atoms with van der Waals surface area (Å²) in [5.74, 6) is 1.69. The van der Waals surface area contributed by atoms with Gasteiger partial charge in [0, 0.05) is 31.7 Å². The summed E-state index contributed by atoms with van der Waals surface area (Å²) in [7, 11) is 0. The van der Waals surface area contributed by atoms with Gasteiger partial charge in [0.25, 0.3) is 0 Å². The van der Waals surface area contributed by atoms with E-state index in [0.717, 1.165) is 17.5 Å². The molecule has 2 aliphatic heterocycles. The molecule has 3 atom stereocenters. The Hall–Kier alpha value is -1.00. The quantitative estimate of drug-likeness (QED) is 0.793. The van der Waals surface area contributed by atoms with Crippen LogP contribution in [-0.4, -0.2) is 41.0 Å². The third-order valence-corrected chi connectivity index (χ3v) is 3.98. The predicted octanol–water partition coefficient (Wildman–Crippen LogP) is 0.689. The Morgan fingerprint density at radius 1 is 1.31 bits per heavy atom. The van der Waals surface area contributed by atoms with Crippen LogP contribution in [0, 0.1) is 11.8 Å². The highest BCUT2D eigenvalue weighted by molar-refractivity contribution is 5.04. The summed E-state index contributed by atoms with van der Waals surface area (Å²) in [6.07, 6.45) is 5.40. The first kappa shape index (κ1) is 10.2. The van der Waals surface area contributed by atoms with Crippen LogP contribution in [0.1, 0.15) is 18.7 Å². The van der Waals surface area contributed by atoms with E-state index >= 15 is 0 Å². The van der Waals surface area contributed by atoms with Crippen molar-refractivity contribution in [2.45, 2.75) is 13.0 Å². The molecule has 4 heteroatoms. The summed E-state index contributed by atoms with van der Waals surface area (Å²) in [5, 5.41) is 3.47. The van der Waals surface area contributed by atoms with Gasteiger partial charge in [-0.25, -0.2) is 0 Å². The zero-order valence-electron chi connectivity index (χ0n) is 9.63. The van der Waals surface area contributed by atoms with Crippen LogP contribution in [0.4, 0.5) is 0 Å². The first-order valence-electron chi connectivity index (χ1n) is 6.05. The van der Waals surface area contributed by atoms with Crippen molar-refractivity contribution >= 4 is 0 Å². The predicted molar refractivity (Wildman–Crippen MR) is 61.9 cm³/mol. The molecule has 2 saturated heterocycles. The average molecular weight is 218 g/mol. The van der Waals surface area contributed by atoms with Gasteiger partial charge < -0.3 is 5.32 Å². The van der Waals surface area contributed by atoms with E-state index in [1.165, 1.54) is 26.2 Å². The topological polar surface area (TPSA) is 41.1 Å². The van der Waals surface area contributed by atoms with Crippen molar-refractivity contribution in [3.05, 3.63) is 24.3 Å². The average Bonchev–Trinajstić information content (AvgIpc) is 2.89. The van der Waals surface area contributed by atoms with Crippen LogP contribution < -0.4 is 5.32 Å². The lowest BCUT2D eigenvalue weighted by molar-refractivity contribution is 0.239. The van der Waals surface area contributed by atoms with E-state index < -0.39 is 0 Å². The van der Waals surface area contributed by atoms with Crippen LogP contribution in [-0.2, 0) is 0 Å². The molecule has 2 aliphatic rings. The molecular formula is C12H18N4. The van der Waals surface area contributed by atoms with E-state index in [-0.39, 0.29) is 0 Å². The lowest BCUT2D eigenvalue weighted by atomic mass is 10.0. The molecule has 0 aromatic carbocycles. The van der Waals surface area contributed by atoms with E-state index in [1.54, 1.807) is 12.4 Å². The number of nitrogens with zero attached hydrogens (tertiary/aromatic N) is 3. The third-order valence-electron chi connectivity index (χ3n) is 3.98. The third kappa shape index (κ3) is 1.72. The van der Waals surface area contributed by atoms with Gasteiger partial charge in [0.1, 0.15) is 0 Å². The van der Waals surface area contributed by atoms with Crippen molar-refractivity contribution in [3.63, 3.8) is 0 Å². The number of nitrogens with one attached hydrogen (secondary N) is 1. The Labute approximate surface area is 96.1 Å². The standard InChI is InChI=1S/C12H18N4/c1-9(12-6-13-2-3-15-12)16-7-10-4-14-5-11(10)8-16/h2-3,6,9-11,14H,4-5,7-8H2,1H3/t9?,10-,11+. The molecule has 2 fully saturated rings. The Bertz CT molecular complexity index is 341. The molecule has 1 N–H and O–H groups in total. The van der Waals surface area contributed by atoms with Gasteiger partial charge in [-0.15, -0.1) is 0 Å². The van der Waals surface area contributed by atoms with Crippen molar-refractivity contribution in [3.8, 4) is 0 Å². The molecule has 1 unspecified atom stereocenters. The fourth-order valence-corrected chi connectivity index (χ4v) is 2.92. The molecule has 0 spiro atoms. The fourth-order valence-electron chi connectivity index (χ4n) is 2.92. The van der Waals surface area contributed by atoms with Gasteiger partial charge in [-0.2, -0.15) is 0 Å². The molecule has 0 amide bonds. The molecule has 0 saturated carbocycles. The monoisotopic (exact) mass is 218 g/mol. The van der Waals surface area contributed by atoms with E-state index in [4.69, 9.17) is 0 Å². The molecule has 0 aliphatic carbocycles. The van der Waals surface area contributed by atoms with Crippen LogP contribution >= 0.6 is 0 Å². The summed E-state index contributed by atoms with van der Waals surface area (Å²) < 4.78 is 0. The number of fused-ring (bicyclic) bond motifs is 1. The Kier molecular flexibility index (Phi) is 2.61. The van der Waals surface area contributed by atoms with E-state index in [0.29, 0.717) is 6.04 Å². The highest BCUT2D eigenvalue weighted by Crippen LogP contribution is 2.31. The maximum atomic E-state index is 4.40. The Morgan fingerprint density at radius 3 is 2.69 bits per heavy atom. The number of rotatable bonds is 2. The molecule has 3 heterocycles. The van der Waals surface area contributed by atoms with Gasteiger partial charge >= 0.3 is 0 Å². The van der Waals surface area contributed by atoms with Crippen molar-refractivity contribution < 1.29 is 0 Å². The summed E-state index contributed by atoms with van der Waals surface area (Å²) in [5.41, 5.74) is 1.09. The number of aromatic nitrogens is 2. The molecule has 4 nitrogen and oxygen atoms in total. The van der Waals surface area contributed by atoms with Gasteiger partial charge in [0.15, 0.2) is 0 Å². The lowest BCUT2D eigenvalue weighted by Crippen LogP contribution is -2.29. The molecule has 1 aromatic heterocycles. The molecule has 3 rings (SSSR count). The minimum atomic E-state index is 0.402. The number of likely N-dealkylation sites (tertiary alicyclic amines) is 1. The summed E-state index contributed by atoms with van der Waals surface area (Å²) in [6.45, 7) is 7.02. The Balaban J connectivity index is 1.71. The molecule has 86 valence electrons. The van der Waals surface area contributed by atoms with Crippen LogP contribution in [0.5, 0.6) is 0 Å². The minimum Gasteiger partial charge on any atom is -0.316 e. The Morgan fingerprint density at radius 2 is 2.06 bits per heavy atom. The summed E-state index contributed by atoms with van der Waals surface area (Å²) in [6, 6.07) is 0.402. The van der Waals surface area contributed by atoms with E-state index in [9.17, 15) is 0 Å². The van der Waals surface area contributed by atoms with E-state index in [1.807, 2.05) is 6.20 Å². The number of hydrogen-bond acceptors (Lipinski definition) is 4. The SMILES string of the molecule is CC(c1cnccn1)N1C[C@H]2CNC[C@H]2C1. The minimum absolute atomic E-state index is 0.402. The summed E-state index contributed by atoms with van der Waals surface area (Å²) in [4.78, 5) is 11.1. The maximum Gasteiger partial charge on any atom is 0.0755 e. The molecule has 16 heavy (non-hydrogen) atoms. The molecule has 1 aromatic rings. The smallest absolute Gasteiger partial charge is 0.0755 e. The molecule has 0 radical (unpaired) electrons. The zero-order valence-corrected chi connectivity index (χ0v) is 9.63. The summed E-state index contributed by atoms with van der Waals surface area (Å²) >= 11 is 0. The van der Waals surface area contributed by atoms with Crippen LogP contribution in [0.15, 0.2) is 18.6 Å². The van der Waals surface area contributed by atoms with Crippen molar-refractivity contribution in [2.75, 3.05) is 26.2 Å². The van der Waals surface area contributed by atoms with Crippen molar-refractivity contribution in [1.82, 2.24) is 20.2 Å². The van der Waals surface area contributed by atoms with Gasteiger partial charge in [0.05, 0.1) is 11.7 Å². The van der Waals surface area contributed by atoms with E-state index in [2.05, 4.69) is 27.1 Å².